The summed E-state index contributed by atoms with van der Waals surface area (Å²) < 4.78 is 1.48. The van der Waals surface area contributed by atoms with Crippen LogP contribution in [-0.4, -0.2) is 47.2 Å². The molecule has 10 nitrogen and oxygen atoms in total. The SMILES string of the molecule is Cc1cc(C(=O)O)cc2nc(C(Cc3ccccc3)NC(=O)/C=C/c3cc(Cl)ccc3-n3cnnn3)[nH]c12. The number of amides is 1. The fourth-order valence-corrected chi connectivity index (χ4v) is 4.36. The molecular formula is C27H22ClN7O3. The van der Waals surface area contributed by atoms with Crippen molar-refractivity contribution < 1.29 is 14.7 Å². The number of carbonyl (C=O) groups excluding carboxylic acids is 1. The maximum atomic E-state index is 13.1. The topological polar surface area (TPSA) is 139 Å². The van der Waals surface area contributed by atoms with Crippen LogP contribution in [0.2, 0.25) is 5.02 Å². The fraction of sp³-hybridized carbons (Fsp3) is 0.111. The van der Waals surface area contributed by atoms with Gasteiger partial charge in [-0.25, -0.2) is 9.78 Å². The highest BCUT2D eigenvalue weighted by atomic mass is 35.5. The number of tetrazole rings is 1. The number of benzene rings is 3. The molecule has 0 aliphatic rings. The molecule has 1 unspecified atom stereocenters. The van der Waals surface area contributed by atoms with Crippen LogP contribution < -0.4 is 5.32 Å². The van der Waals surface area contributed by atoms with E-state index in [1.165, 1.54) is 23.2 Å². The number of rotatable bonds is 8. The number of aromatic carboxylic acids is 1. The molecule has 0 spiro atoms. The molecule has 0 radical (unpaired) electrons. The van der Waals surface area contributed by atoms with E-state index in [2.05, 4.69) is 30.8 Å². The van der Waals surface area contributed by atoms with Crippen LogP contribution in [0.1, 0.15) is 38.9 Å². The molecule has 0 aliphatic heterocycles. The number of aromatic nitrogens is 6. The molecule has 3 aromatic carbocycles. The fourth-order valence-electron chi connectivity index (χ4n) is 4.18. The van der Waals surface area contributed by atoms with Gasteiger partial charge in [-0.05, 0) is 71.3 Å². The molecular weight excluding hydrogens is 506 g/mol. The number of carbonyl (C=O) groups is 2. The number of aromatic amines is 1. The lowest BCUT2D eigenvalue weighted by atomic mass is 10.1. The van der Waals surface area contributed by atoms with Crippen molar-refractivity contribution in [3.8, 4) is 5.69 Å². The lowest BCUT2D eigenvalue weighted by molar-refractivity contribution is -0.117. The Morgan fingerprint density at radius 2 is 1.97 bits per heavy atom. The van der Waals surface area contributed by atoms with E-state index in [9.17, 15) is 14.7 Å². The summed E-state index contributed by atoms with van der Waals surface area (Å²) in [4.78, 5) is 32.5. The summed E-state index contributed by atoms with van der Waals surface area (Å²) in [5.41, 5.74) is 4.45. The summed E-state index contributed by atoms with van der Waals surface area (Å²) in [7, 11) is 0. The predicted octanol–water partition coefficient (Wildman–Crippen LogP) is 4.31. The number of nitrogens with one attached hydrogen (secondary N) is 2. The van der Waals surface area contributed by atoms with Gasteiger partial charge in [0, 0.05) is 16.7 Å². The molecule has 5 rings (SSSR count). The van der Waals surface area contributed by atoms with Crippen molar-refractivity contribution in [2.45, 2.75) is 19.4 Å². The van der Waals surface area contributed by atoms with Crippen LogP contribution >= 0.6 is 11.6 Å². The maximum absolute atomic E-state index is 13.1. The summed E-state index contributed by atoms with van der Waals surface area (Å²) in [5, 5.41) is 24.2. The van der Waals surface area contributed by atoms with E-state index >= 15 is 0 Å². The zero-order valence-electron chi connectivity index (χ0n) is 20.2. The summed E-state index contributed by atoms with van der Waals surface area (Å²) in [5.74, 6) is -0.855. The van der Waals surface area contributed by atoms with Crippen LogP contribution in [0.5, 0.6) is 0 Å². The van der Waals surface area contributed by atoms with Crippen molar-refractivity contribution in [2.24, 2.45) is 0 Å². The van der Waals surface area contributed by atoms with Gasteiger partial charge in [0.2, 0.25) is 5.91 Å². The van der Waals surface area contributed by atoms with E-state index in [-0.39, 0.29) is 11.5 Å². The first-order chi connectivity index (χ1) is 18.4. The molecule has 0 bridgehead atoms. The molecule has 38 heavy (non-hydrogen) atoms. The molecule has 0 fully saturated rings. The highest BCUT2D eigenvalue weighted by Gasteiger charge is 2.20. The maximum Gasteiger partial charge on any atom is 0.335 e. The number of carboxylic acids is 1. The van der Waals surface area contributed by atoms with Gasteiger partial charge in [-0.2, -0.15) is 4.68 Å². The molecule has 1 amide bonds. The molecule has 0 saturated heterocycles. The lowest BCUT2D eigenvalue weighted by Gasteiger charge is -2.16. The van der Waals surface area contributed by atoms with Gasteiger partial charge in [-0.15, -0.1) is 5.10 Å². The second-order valence-corrected chi connectivity index (χ2v) is 9.09. The van der Waals surface area contributed by atoms with Crippen molar-refractivity contribution in [2.75, 3.05) is 0 Å². The van der Waals surface area contributed by atoms with Gasteiger partial charge in [0.05, 0.1) is 28.3 Å². The van der Waals surface area contributed by atoms with Crippen molar-refractivity contribution in [1.82, 2.24) is 35.5 Å². The first-order valence-electron chi connectivity index (χ1n) is 11.7. The van der Waals surface area contributed by atoms with Crippen LogP contribution in [0.3, 0.4) is 0 Å². The zero-order chi connectivity index (χ0) is 26.6. The van der Waals surface area contributed by atoms with Gasteiger partial charge in [0.15, 0.2) is 0 Å². The molecule has 0 saturated carbocycles. The number of carboxylic acid groups (broad SMARTS) is 1. The number of fused-ring (bicyclic) bond motifs is 1. The summed E-state index contributed by atoms with van der Waals surface area (Å²) in [6.07, 6.45) is 4.97. The molecule has 11 heteroatoms. The van der Waals surface area contributed by atoms with Gasteiger partial charge >= 0.3 is 5.97 Å². The van der Waals surface area contributed by atoms with Crippen LogP contribution in [0.25, 0.3) is 22.8 Å². The predicted molar refractivity (Wildman–Crippen MR) is 142 cm³/mol. The van der Waals surface area contributed by atoms with E-state index in [4.69, 9.17) is 11.6 Å². The summed E-state index contributed by atoms with van der Waals surface area (Å²) >= 11 is 6.19. The number of imidazole rings is 1. The molecule has 1 atom stereocenters. The number of halogens is 1. The third-order valence-electron chi connectivity index (χ3n) is 5.98. The zero-order valence-corrected chi connectivity index (χ0v) is 20.9. The van der Waals surface area contributed by atoms with Gasteiger partial charge < -0.3 is 15.4 Å². The number of nitrogens with zero attached hydrogens (tertiary/aromatic N) is 5. The Hall–Kier alpha value is -4.83. The quantitative estimate of drug-likeness (QED) is 0.255. The summed E-state index contributed by atoms with van der Waals surface area (Å²) in [6, 6.07) is 17.5. The lowest BCUT2D eigenvalue weighted by Crippen LogP contribution is -2.29. The van der Waals surface area contributed by atoms with Crippen LogP contribution in [-0.2, 0) is 11.2 Å². The largest absolute Gasteiger partial charge is 0.478 e. The van der Waals surface area contributed by atoms with Crippen molar-refractivity contribution >= 4 is 40.6 Å². The second kappa shape index (κ2) is 10.7. The Bertz CT molecular complexity index is 1650. The van der Waals surface area contributed by atoms with Gasteiger partial charge in [-0.3, -0.25) is 4.79 Å². The van der Waals surface area contributed by atoms with Crippen molar-refractivity contribution in [3.63, 3.8) is 0 Å². The van der Waals surface area contributed by atoms with Crippen molar-refractivity contribution in [1.29, 1.82) is 0 Å². The number of hydrogen-bond acceptors (Lipinski definition) is 6. The normalized spacial score (nSPS) is 12.2. The van der Waals surface area contributed by atoms with E-state index in [0.717, 1.165) is 16.6 Å². The highest BCUT2D eigenvalue weighted by Crippen LogP contribution is 2.24. The smallest absolute Gasteiger partial charge is 0.335 e. The monoisotopic (exact) mass is 527 g/mol. The van der Waals surface area contributed by atoms with Gasteiger partial charge in [0.25, 0.3) is 0 Å². The third kappa shape index (κ3) is 5.45. The average Bonchev–Trinajstić information content (AvgIpc) is 3.58. The Balaban J connectivity index is 1.45. The first kappa shape index (κ1) is 24.8. The standard InChI is InChI=1S/C27H22ClN7O3/c1-16-11-19(27(37)38)14-21-25(16)32-26(31-21)22(12-17-5-3-2-4-6-17)30-24(36)10-7-18-13-20(28)8-9-23(18)35-15-29-33-34-35/h2-11,13-15,22H,12H2,1H3,(H,30,36)(H,31,32)(H,37,38)/b10-7+. The Labute approximate surface area is 222 Å². The van der Waals surface area contributed by atoms with E-state index in [0.29, 0.717) is 34.0 Å². The molecule has 5 aromatic rings. The molecule has 3 N–H and O–H groups in total. The first-order valence-corrected chi connectivity index (χ1v) is 12.0. The van der Waals surface area contributed by atoms with Gasteiger partial charge in [0.1, 0.15) is 12.2 Å². The molecule has 190 valence electrons. The molecule has 2 aromatic heterocycles. The number of aryl methyl sites for hydroxylation is 1. The Morgan fingerprint density at radius 3 is 2.71 bits per heavy atom. The second-order valence-electron chi connectivity index (χ2n) is 8.66. The number of hydrogen-bond donors (Lipinski definition) is 3. The Kier molecular flexibility index (Phi) is 6.96. The van der Waals surface area contributed by atoms with E-state index in [1.807, 2.05) is 37.3 Å². The molecule has 2 heterocycles. The number of H-pyrrole nitrogens is 1. The van der Waals surface area contributed by atoms with E-state index in [1.54, 1.807) is 30.3 Å². The minimum absolute atomic E-state index is 0.152. The third-order valence-corrected chi connectivity index (χ3v) is 6.22. The molecule has 0 aliphatic carbocycles. The van der Waals surface area contributed by atoms with Crippen LogP contribution in [0.15, 0.2) is 73.1 Å². The average molecular weight is 528 g/mol. The van der Waals surface area contributed by atoms with E-state index < -0.39 is 12.0 Å². The van der Waals surface area contributed by atoms with Crippen molar-refractivity contribution in [3.05, 3.63) is 106 Å². The highest BCUT2D eigenvalue weighted by molar-refractivity contribution is 6.30. The van der Waals surface area contributed by atoms with Gasteiger partial charge in [-0.1, -0.05) is 41.9 Å². The summed E-state index contributed by atoms with van der Waals surface area (Å²) in [6.45, 7) is 1.82. The minimum atomic E-state index is -1.03. The minimum Gasteiger partial charge on any atom is -0.478 e. The van der Waals surface area contributed by atoms with Crippen LogP contribution in [0.4, 0.5) is 0 Å². The van der Waals surface area contributed by atoms with Crippen LogP contribution in [0, 0.1) is 6.92 Å². The Morgan fingerprint density at radius 1 is 1.16 bits per heavy atom.